The van der Waals surface area contributed by atoms with E-state index in [1.165, 1.54) is 0 Å². The summed E-state index contributed by atoms with van der Waals surface area (Å²) in [4.78, 5) is 0.242. The van der Waals surface area contributed by atoms with Crippen LogP contribution in [0.1, 0.15) is 0 Å². The Kier molecular flexibility index (Phi) is 4.89. The van der Waals surface area contributed by atoms with Gasteiger partial charge in [-0.05, 0) is 24.3 Å². The molecule has 1 aromatic carbocycles. The van der Waals surface area contributed by atoms with Crippen LogP contribution in [0.4, 0.5) is 5.82 Å². The number of nitrogens with zero attached hydrogens (tertiary/aromatic N) is 2. The average molecular weight is 313 g/mol. The maximum Gasteiger partial charge on any atom is 0.240 e. The fourth-order valence-electron chi connectivity index (χ4n) is 1.47. The zero-order valence-corrected chi connectivity index (χ0v) is 12.0. The predicted octanol–water partition coefficient (Wildman–Crippen LogP) is 1.52. The molecule has 2 N–H and O–H groups in total. The molecule has 8 heteroatoms. The third kappa shape index (κ3) is 4.16. The molecule has 0 saturated carbocycles. The van der Waals surface area contributed by atoms with Crippen LogP contribution in [0, 0.1) is 0 Å². The second-order valence-electron chi connectivity index (χ2n) is 3.88. The zero-order chi connectivity index (χ0) is 14.4. The van der Waals surface area contributed by atoms with Gasteiger partial charge in [0.25, 0.3) is 0 Å². The minimum absolute atomic E-state index is 0.238. The van der Waals surface area contributed by atoms with Crippen molar-refractivity contribution in [2.24, 2.45) is 0 Å². The van der Waals surface area contributed by atoms with Crippen molar-refractivity contribution in [2.45, 2.75) is 4.90 Å². The topological polar surface area (TPSA) is 84.0 Å². The molecule has 6 nitrogen and oxygen atoms in total. The molecular weight excluding hydrogens is 300 g/mol. The van der Waals surface area contributed by atoms with Crippen LogP contribution in [0.5, 0.6) is 0 Å². The molecule has 0 aliphatic heterocycles. The van der Waals surface area contributed by atoms with Gasteiger partial charge in [0.2, 0.25) is 10.0 Å². The van der Waals surface area contributed by atoms with Crippen molar-refractivity contribution in [3.63, 3.8) is 0 Å². The van der Waals surface area contributed by atoms with Crippen LogP contribution >= 0.6 is 11.6 Å². The van der Waals surface area contributed by atoms with Crippen LogP contribution in [-0.4, -0.2) is 31.7 Å². The molecule has 0 aliphatic rings. The lowest BCUT2D eigenvalue weighted by Gasteiger charge is -2.07. The highest BCUT2D eigenvalue weighted by atomic mass is 35.5. The summed E-state index contributed by atoms with van der Waals surface area (Å²) in [6.07, 6.45) is 0. The minimum atomic E-state index is -3.47. The highest BCUT2D eigenvalue weighted by molar-refractivity contribution is 7.89. The molecule has 0 bridgehead atoms. The standard InChI is InChI=1S/C12H13ClN4O2S/c13-11-6-7-12(17-16-11)14-8-9-15-20(18,19)10-4-2-1-3-5-10/h1-7,15H,8-9H2,(H,14,17). The Morgan fingerprint density at radius 3 is 2.40 bits per heavy atom. The first-order valence-corrected chi connectivity index (χ1v) is 7.72. The first kappa shape index (κ1) is 14.7. The van der Waals surface area contributed by atoms with E-state index in [1.807, 2.05) is 0 Å². The summed E-state index contributed by atoms with van der Waals surface area (Å²) in [6, 6.07) is 11.5. The van der Waals surface area contributed by atoms with Gasteiger partial charge in [-0.2, -0.15) is 0 Å². The van der Waals surface area contributed by atoms with Crippen LogP contribution < -0.4 is 10.0 Å². The number of nitrogens with one attached hydrogen (secondary N) is 2. The molecular formula is C12H13ClN4O2S. The normalized spacial score (nSPS) is 11.2. The van der Waals surface area contributed by atoms with Gasteiger partial charge in [-0.25, -0.2) is 13.1 Å². The van der Waals surface area contributed by atoms with Gasteiger partial charge < -0.3 is 5.32 Å². The van der Waals surface area contributed by atoms with E-state index >= 15 is 0 Å². The van der Waals surface area contributed by atoms with E-state index in [2.05, 4.69) is 20.2 Å². The smallest absolute Gasteiger partial charge is 0.240 e. The third-order valence-electron chi connectivity index (χ3n) is 2.41. The van der Waals surface area contributed by atoms with Crippen molar-refractivity contribution < 1.29 is 8.42 Å². The molecule has 20 heavy (non-hydrogen) atoms. The van der Waals surface area contributed by atoms with Crippen LogP contribution in [0.2, 0.25) is 5.15 Å². The molecule has 106 valence electrons. The maximum atomic E-state index is 11.9. The van der Waals surface area contributed by atoms with Gasteiger partial charge in [-0.3, -0.25) is 0 Å². The number of benzene rings is 1. The molecule has 1 heterocycles. The number of aromatic nitrogens is 2. The molecule has 0 fully saturated rings. The Bertz CT molecular complexity index is 647. The molecule has 2 rings (SSSR count). The fraction of sp³-hybridized carbons (Fsp3) is 0.167. The summed E-state index contributed by atoms with van der Waals surface area (Å²) in [7, 11) is -3.47. The summed E-state index contributed by atoms with van der Waals surface area (Å²) in [5, 5.41) is 10.7. The van der Waals surface area contributed by atoms with Crippen molar-refractivity contribution in [3.05, 3.63) is 47.6 Å². The summed E-state index contributed by atoms with van der Waals surface area (Å²) < 4.78 is 26.3. The summed E-state index contributed by atoms with van der Waals surface area (Å²) in [6.45, 7) is 0.629. The molecule has 0 unspecified atom stereocenters. The van der Waals surface area contributed by atoms with Crippen molar-refractivity contribution >= 4 is 27.4 Å². The average Bonchev–Trinajstić information content (AvgIpc) is 2.46. The van der Waals surface area contributed by atoms with Crippen molar-refractivity contribution in [1.29, 1.82) is 0 Å². The highest BCUT2D eigenvalue weighted by Crippen LogP contribution is 2.07. The summed E-state index contributed by atoms with van der Waals surface area (Å²) >= 11 is 5.61. The Balaban J connectivity index is 1.83. The monoisotopic (exact) mass is 312 g/mol. The van der Waals surface area contributed by atoms with Crippen molar-refractivity contribution in [3.8, 4) is 0 Å². The summed E-state index contributed by atoms with van der Waals surface area (Å²) in [5.74, 6) is 0.535. The lowest BCUT2D eigenvalue weighted by atomic mass is 10.4. The number of sulfonamides is 1. The van der Waals surface area contributed by atoms with Gasteiger partial charge in [0.05, 0.1) is 4.90 Å². The Morgan fingerprint density at radius 2 is 1.75 bits per heavy atom. The van der Waals surface area contributed by atoms with Gasteiger partial charge in [0.1, 0.15) is 5.82 Å². The minimum Gasteiger partial charge on any atom is -0.367 e. The summed E-state index contributed by atoms with van der Waals surface area (Å²) in [5.41, 5.74) is 0. The van der Waals surface area contributed by atoms with E-state index in [1.54, 1.807) is 42.5 Å². The molecule has 0 aliphatic carbocycles. The van der Waals surface area contributed by atoms with Crippen LogP contribution in [0.15, 0.2) is 47.4 Å². The van der Waals surface area contributed by atoms with Gasteiger partial charge >= 0.3 is 0 Å². The first-order chi connectivity index (χ1) is 9.58. The fourth-order valence-corrected chi connectivity index (χ4v) is 2.62. The lowest BCUT2D eigenvalue weighted by molar-refractivity contribution is 0.583. The first-order valence-electron chi connectivity index (χ1n) is 5.86. The van der Waals surface area contributed by atoms with Gasteiger partial charge in [0, 0.05) is 13.1 Å². The molecule has 0 radical (unpaired) electrons. The van der Waals surface area contributed by atoms with Crippen LogP contribution in [0.25, 0.3) is 0 Å². The molecule has 0 saturated heterocycles. The zero-order valence-electron chi connectivity index (χ0n) is 10.5. The third-order valence-corrected chi connectivity index (χ3v) is 4.09. The Labute approximate surface area is 122 Å². The van der Waals surface area contributed by atoms with E-state index in [0.717, 1.165) is 0 Å². The SMILES string of the molecule is O=S(=O)(NCCNc1ccc(Cl)nn1)c1ccccc1. The molecule has 1 aromatic heterocycles. The Morgan fingerprint density at radius 1 is 1.00 bits per heavy atom. The highest BCUT2D eigenvalue weighted by Gasteiger charge is 2.11. The second-order valence-corrected chi connectivity index (χ2v) is 6.03. The van der Waals surface area contributed by atoms with E-state index in [9.17, 15) is 8.42 Å². The van der Waals surface area contributed by atoms with E-state index < -0.39 is 10.0 Å². The number of rotatable bonds is 6. The lowest BCUT2D eigenvalue weighted by Crippen LogP contribution is -2.29. The van der Waals surface area contributed by atoms with Gasteiger partial charge in [-0.15, -0.1) is 10.2 Å². The van der Waals surface area contributed by atoms with Crippen molar-refractivity contribution in [1.82, 2.24) is 14.9 Å². The van der Waals surface area contributed by atoms with Crippen LogP contribution in [-0.2, 0) is 10.0 Å². The van der Waals surface area contributed by atoms with E-state index in [0.29, 0.717) is 17.5 Å². The quantitative estimate of drug-likeness (QED) is 0.790. The van der Waals surface area contributed by atoms with Crippen molar-refractivity contribution in [2.75, 3.05) is 18.4 Å². The molecule has 0 amide bonds. The second kappa shape index (κ2) is 6.65. The molecule has 0 spiro atoms. The number of halogens is 1. The maximum absolute atomic E-state index is 11.9. The number of anilines is 1. The predicted molar refractivity (Wildman–Crippen MR) is 77.2 cm³/mol. The molecule has 2 aromatic rings. The number of hydrogen-bond donors (Lipinski definition) is 2. The van der Waals surface area contributed by atoms with Crippen LogP contribution in [0.3, 0.4) is 0 Å². The molecule has 0 atom stereocenters. The largest absolute Gasteiger partial charge is 0.367 e. The van der Waals surface area contributed by atoms with E-state index in [-0.39, 0.29) is 11.4 Å². The van der Waals surface area contributed by atoms with Gasteiger partial charge in [-0.1, -0.05) is 29.8 Å². The number of hydrogen-bond acceptors (Lipinski definition) is 5. The van der Waals surface area contributed by atoms with Gasteiger partial charge in [0.15, 0.2) is 5.15 Å². The Hall–Kier alpha value is -1.70. The van der Waals surface area contributed by atoms with E-state index in [4.69, 9.17) is 11.6 Å².